The molecule has 14 nitrogen and oxygen atoms in total. The van der Waals surface area contributed by atoms with Crippen LogP contribution in [-0.4, -0.2) is 65.5 Å². The standard InChI is InChI=1S/C25H26N8O6/c1-30-22-20(23(34)27-25(30)36)11-16(12-26-22)24(35)31-7-5-15(6-8-31)9-18-14-32(29-28-18)13-17-10-19(33(37)38)3-4-21(17)39-2/h3-4,10-12,14-15H,5-9,13H2,1-2H3,(H,27,34,36). The third-order valence-electron chi connectivity index (χ3n) is 6.99. The fourth-order valence-electron chi connectivity index (χ4n) is 4.86. The van der Waals surface area contributed by atoms with Crippen LogP contribution >= 0.6 is 0 Å². The van der Waals surface area contributed by atoms with E-state index in [9.17, 15) is 24.5 Å². The van der Waals surface area contributed by atoms with Gasteiger partial charge in [0.1, 0.15) is 11.4 Å². The van der Waals surface area contributed by atoms with Crippen molar-refractivity contribution in [3.8, 4) is 5.75 Å². The summed E-state index contributed by atoms with van der Waals surface area (Å²) in [5.41, 5.74) is 0.774. The molecule has 0 saturated carbocycles. The van der Waals surface area contributed by atoms with Crippen LogP contribution in [0.25, 0.3) is 11.0 Å². The molecule has 202 valence electrons. The lowest BCUT2D eigenvalue weighted by molar-refractivity contribution is -0.384. The number of benzene rings is 1. The molecule has 3 aromatic heterocycles. The van der Waals surface area contributed by atoms with Crippen LogP contribution < -0.4 is 16.0 Å². The number of carbonyl (C=O) groups excluding carboxylic acids is 1. The van der Waals surface area contributed by atoms with Gasteiger partial charge in [0.25, 0.3) is 17.2 Å². The summed E-state index contributed by atoms with van der Waals surface area (Å²) in [5.74, 6) is 0.622. The van der Waals surface area contributed by atoms with Crippen LogP contribution in [0.3, 0.4) is 0 Å². The lowest BCUT2D eigenvalue weighted by atomic mass is 9.92. The van der Waals surface area contributed by atoms with E-state index in [0.717, 1.165) is 18.5 Å². The number of carbonyl (C=O) groups is 1. The van der Waals surface area contributed by atoms with Gasteiger partial charge >= 0.3 is 5.69 Å². The molecule has 39 heavy (non-hydrogen) atoms. The predicted octanol–water partition coefficient (Wildman–Crippen LogP) is 1.27. The number of hydrogen-bond acceptors (Lipinski definition) is 9. The minimum atomic E-state index is -0.578. The van der Waals surface area contributed by atoms with Crippen molar-refractivity contribution in [1.82, 2.24) is 34.4 Å². The number of aryl methyl sites for hydroxylation is 1. The van der Waals surface area contributed by atoms with E-state index in [2.05, 4.69) is 20.3 Å². The van der Waals surface area contributed by atoms with Crippen molar-refractivity contribution in [2.45, 2.75) is 25.8 Å². The fraction of sp³-hybridized carbons (Fsp3) is 0.360. The average molecular weight is 535 g/mol. The number of amides is 1. The summed E-state index contributed by atoms with van der Waals surface area (Å²) in [6.45, 7) is 1.37. The number of hydrogen-bond donors (Lipinski definition) is 1. The van der Waals surface area contributed by atoms with Crippen LogP contribution in [0.5, 0.6) is 5.75 Å². The van der Waals surface area contributed by atoms with Gasteiger partial charge in [-0.3, -0.25) is 29.3 Å². The highest BCUT2D eigenvalue weighted by molar-refractivity contribution is 5.96. The van der Waals surface area contributed by atoms with Gasteiger partial charge in [-0.1, -0.05) is 5.21 Å². The molecule has 0 spiro atoms. The van der Waals surface area contributed by atoms with Crippen molar-refractivity contribution in [3.05, 3.63) is 84.4 Å². The highest BCUT2D eigenvalue weighted by atomic mass is 16.6. The van der Waals surface area contributed by atoms with Crippen molar-refractivity contribution in [3.63, 3.8) is 0 Å². The zero-order valence-corrected chi connectivity index (χ0v) is 21.4. The minimum absolute atomic E-state index is 0.0238. The number of nitro groups is 1. The van der Waals surface area contributed by atoms with Gasteiger partial charge in [0.2, 0.25) is 0 Å². The normalized spacial score (nSPS) is 14.1. The van der Waals surface area contributed by atoms with Gasteiger partial charge in [0, 0.05) is 50.2 Å². The predicted molar refractivity (Wildman–Crippen MR) is 139 cm³/mol. The van der Waals surface area contributed by atoms with Crippen molar-refractivity contribution in [1.29, 1.82) is 0 Å². The number of fused-ring (bicyclic) bond motifs is 1. The van der Waals surface area contributed by atoms with E-state index in [1.54, 1.807) is 15.6 Å². The number of likely N-dealkylation sites (tertiary alicyclic amines) is 1. The van der Waals surface area contributed by atoms with E-state index in [4.69, 9.17) is 4.74 Å². The quantitative estimate of drug-likeness (QED) is 0.271. The number of rotatable bonds is 7. The average Bonchev–Trinajstić information content (AvgIpc) is 3.38. The molecule has 0 atom stereocenters. The van der Waals surface area contributed by atoms with E-state index >= 15 is 0 Å². The van der Waals surface area contributed by atoms with Crippen LogP contribution in [0.1, 0.15) is 34.5 Å². The molecule has 1 amide bonds. The molecule has 5 rings (SSSR count). The first-order valence-corrected chi connectivity index (χ1v) is 12.3. The fourth-order valence-corrected chi connectivity index (χ4v) is 4.86. The molecule has 0 radical (unpaired) electrons. The zero-order chi connectivity index (χ0) is 27.7. The molecule has 1 aliphatic rings. The Labute approximate surface area is 221 Å². The van der Waals surface area contributed by atoms with Crippen molar-refractivity contribution >= 4 is 22.6 Å². The number of piperidine rings is 1. The smallest absolute Gasteiger partial charge is 0.329 e. The first-order chi connectivity index (χ1) is 18.7. The molecule has 1 fully saturated rings. The second kappa shape index (κ2) is 10.5. The number of aromatic nitrogens is 6. The maximum atomic E-state index is 13.1. The SMILES string of the molecule is COc1ccc([N+](=O)[O-])cc1Cn1cc(CC2CCN(C(=O)c3cnc4c(c3)c(=O)[nH]c(=O)n4C)CC2)nn1. The zero-order valence-electron chi connectivity index (χ0n) is 21.4. The highest BCUT2D eigenvalue weighted by Crippen LogP contribution is 2.26. The van der Waals surface area contributed by atoms with Gasteiger partial charge in [-0.05, 0) is 37.3 Å². The Morgan fingerprint density at radius 3 is 2.72 bits per heavy atom. The molecule has 0 unspecified atom stereocenters. The summed E-state index contributed by atoms with van der Waals surface area (Å²) in [7, 11) is 3.01. The molecular formula is C25H26N8O6. The van der Waals surface area contributed by atoms with Crippen molar-refractivity contribution in [2.24, 2.45) is 13.0 Å². The lowest BCUT2D eigenvalue weighted by Crippen LogP contribution is -2.39. The molecule has 1 N–H and O–H groups in total. The number of aromatic amines is 1. The number of nitro benzene ring substituents is 1. The number of pyridine rings is 1. The Balaban J connectivity index is 1.21. The summed E-state index contributed by atoms with van der Waals surface area (Å²) >= 11 is 0. The number of nitrogens with zero attached hydrogens (tertiary/aromatic N) is 7. The Bertz CT molecular complexity index is 1680. The van der Waals surface area contributed by atoms with Crippen LogP contribution in [0.2, 0.25) is 0 Å². The van der Waals surface area contributed by atoms with Crippen LogP contribution in [0.4, 0.5) is 5.69 Å². The van der Waals surface area contributed by atoms with Crippen molar-refractivity contribution in [2.75, 3.05) is 20.2 Å². The first-order valence-electron chi connectivity index (χ1n) is 12.3. The van der Waals surface area contributed by atoms with E-state index in [0.29, 0.717) is 42.3 Å². The third kappa shape index (κ3) is 5.26. The minimum Gasteiger partial charge on any atom is -0.496 e. The number of methoxy groups -OCH3 is 1. The summed E-state index contributed by atoms with van der Waals surface area (Å²) in [6, 6.07) is 5.90. The Morgan fingerprint density at radius 1 is 1.23 bits per heavy atom. The Kier molecular flexibility index (Phi) is 6.92. The number of ether oxygens (including phenoxy) is 1. The number of H-pyrrole nitrogens is 1. The summed E-state index contributed by atoms with van der Waals surface area (Å²) in [6.07, 6.45) is 5.45. The van der Waals surface area contributed by atoms with E-state index in [1.807, 2.05) is 6.20 Å². The van der Waals surface area contributed by atoms with Gasteiger partial charge < -0.3 is 9.64 Å². The van der Waals surface area contributed by atoms with E-state index in [-0.39, 0.29) is 29.2 Å². The van der Waals surface area contributed by atoms with Crippen LogP contribution in [0, 0.1) is 16.0 Å². The molecule has 4 heterocycles. The monoisotopic (exact) mass is 534 g/mol. The molecule has 4 aromatic rings. The summed E-state index contributed by atoms with van der Waals surface area (Å²) in [4.78, 5) is 55.9. The maximum absolute atomic E-state index is 13.1. The van der Waals surface area contributed by atoms with Gasteiger partial charge in [0.15, 0.2) is 0 Å². The number of non-ortho nitro benzene ring substituents is 1. The topological polar surface area (TPSA) is 171 Å². The van der Waals surface area contributed by atoms with Gasteiger partial charge in [-0.2, -0.15) is 0 Å². The Hall–Kier alpha value is -4.88. The van der Waals surface area contributed by atoms with Crippen molar-refractivity contribution < 1.29 is 14.5 Å². The summed E-state index contributed by atoms with van der Waals surface area (Å²) in [5, 5.41) is 19.8. The van der Waals surface area contributed by atoms with Crippen LogP contribution in [0.15, 0.2) is 46.2 Å². The maximum Gasteiger partial charge on any atom is 0.329 e. The summed E-state index contributed by atoms with van der Waals surface area (Å²) < 4.78 is 8.18. The van der Waals surface area contributed by atoms with Gasteiger partial charge in [-0.25, -0.2) is 14.5 Å². The molecule has 1 aliphatic heterocycles. The highest BCUT2D eigenvalue weighted by Gasteiger charge is 2.25. The molecule has 1 saturated heterocycles. The van der Waals surface area contributed by atoms with E-state index < -0.39 is 16.2 Å². The van der Waals surface area contributed by atoms with Gasteiger partial charge in [-0.15, -0.1) is 5.10 Å². The molecule has 14 heteroatoms. The van der Waals surface area contributed by atoms with E-state index in [1.165, 1.54) is 43.1 Å². The first kappa shape index (κ1) is 25.8. The van der Waals surface area contributed by atoms with Crippen LogP contribution in [-0.2, 0) is 20.0 Å². The second-order valence-corrected chi connectivity index (χ2v) is 9.51. The van der Waals surface area contributed by atoms with Gasteiger partial charge in [0.05, 0.1) is 35.2 Å². The largest absolute Gasteiger partial charge is 0.496 e. The molecule has 0 aliphatic carbocycles. The molecule has 0 bridgehead atoms. The second-order valence-electron chi connectivity index (χ2n) is 9.51. The molecular weight excluding hydrogens is 508 g/mol. The third-order valence-corrected chi connectivity index (χ3v) is 6.99. The molecule has 1 aromatic carbocycles. The lowest BCUT2D eigenvalue weighted by Gasteiger charge is -2.31. The Morgan fingerprint density at radius 2 is 2.00 bits per heavy atom. The number of nitrogens with one attached hydrogen (secondary N) is 1.